The Balaban J connectivity index is 1.77. The van der Waals surface area contributed by atoms with Gasteiger partial charge in [-0.05, 0) is 80.4 Å². The summed E-state index contributed by atoms with van der Waals surface area (Å²) in [5.74, 6) is -2.23. The number of carbonyl (C=O) groups excluding carboxylic acids is 3. The predicted octanol–water partition coefficient (Wildman–Crippen LogP) is 3.17. The number of aliphatic hydroxyl groups excluding tert-OH is 1. The molecule has 0 aromatic carbocycles. The van der Waals surface area contributed by atoms with Crippen LogP contribution in [0.3, 0.4) is 0 Å². The molecule has 0 spiro atoms. The maximum Gasteiger partial charge on any atom is 0.319 e. The van der Waals surface area contributed by atoms with Crippen molar-refractivity contribution in [1.82, 2.24) is 15.1 Å². The lowest BCUT2D eigenvalue weighted by molar-refractivity contribution is -0.301. The lowest BCUT2D eigenvalue weighted by atomic mass is 9.70. The monoisotopic (exact) mass is 695 g/mol. The lowest BCUT2D eigenvalue weighted by Crippen LogP contribution is -2.62. The second kappa shape index (κ2) is 15.5. The number of ketones is 1. The Morgan fingerprint density at radius 1 is 1.12 bits per heavy atom. The highest BCUT2D eigenvalue weighted by molar-refractivity contribution is 6.04. The third-order valence-electron chi connectivity index (χ3n) is 12.0. The summed E-state index contributed by atoms with van der Waals surface area (Å²) in [6, 6.07) is -0.0515. The summed E-state index contributed by atoms with van der Waals surface area (Å²) in [5, 5.41) is 15.1. The molecule has 5 aliphatic rings. The van der Waals surface area contributed by atoms with Crippen LogP contribution in [0.15, 0.2) is 0 Å². The van der Waals surface area contributed by atoms with Crippen molar-refractivity contribution in [2.24, 2.45) is 23.2 Å². The highest BCUT2D eigenvalue weighted by Crippen LogP contribution is 2.45. The van der Waals surface area contributed by atoms with Gasteiger partial charge in [0, 0.05) is 49.7 Å². The molecule has 0 amide bonds. The number of ether oxygens (including phenoxy) is 5. The van der Waals surface area contributed by atoms with Crippen molar-refractivity contribution in [2.45, 2.75) is 154 Å². The van der Waals surface area contributed by atoms with E-state index in [-0.39, 0.29) is 67.3 Å². The number of aliphatic hydroxyl groups is 1. The van der Waals surface area contributed by atoms with Crippen LogP contribution in [0.1, 0.15) is 94.4 Å². The van der Waals surface area contributed by atoms with Crippen molar-refractivity contribution in [3.8, 4) is 0 Å². The van der Waals surface area contributed by atoms with E-state index in [0.717, 1.165) is 0 Å². The second-order valence-corrected chi connectivity index (χ2v) is 16.7. The zero-order chi connectivity index (χ0) is 36.6. The summed E-state index contributed by atoms with van der Waals surface area (Å²) in [4.78, 5) is 46.0. The molecule has 13 atom stereocenters. The zero-order valence-corrected chi connectivity index (χ0v) is 32.1. The number of likely N-dealkylation sites (N-methyl/N-ethyl adjacent to an activating group) is 1. The number of esters is 2. The minimum Gasteiger partial charge on any atom is -0.457 e. The van der Waals surface area contributed by atoms with Crippen LogP contribution >= 0.6 is 0 Å². The zero-order valence-electron chi connectivity index (χ0n) is 32.1. The molecule has 2 bridgehead atoms. The maximum atomic E-state index is 14.7. The number of carbonyl (C=O) groups is 3. The molecule has 0 aromatic rings. The number of hydrogen-bond donors (Lipinski definition) is 2. The van der Waals surface area contributed by atoms with Gasteiger partial charge in [0.2, 0.25) is 0 Å². The largest absolute Gasteiger partial charge is 0.457 e. The summed E-state index contributed by atoms with van der Waals surface area (Å²) in [7, 11) is 5.91. The number of Topliss-reactive ketones (excluding diaryl/α,β-unsaturated/α-hetero) is 1. The molecule has 5 heterocycles. The molecule has 12 nitrogen and oxygen atoms in total. The Labute approximate surface area is 294 Å². The van der Waals surface area contributed by atoms with Gasteiger partial charge in [-0.15, -0.1) is 0 Å². The van der Waals surface area contributed by atoms with Crippen LogP contribution < -0.4 is 5.32 Å². The van der Waals surface area contributed by atoms with Gasteiger partial charge in [-0.25, -0.2) is 0 Å². The Bertz CT molecular complexity index is 1190. The van der Waals surface area contributed by atoms with Crippen LogP contribution in [-0.4, -0.2) is 134 Å². The molecular weight excluding hydrogens is 630 g/mol. The van der Waals surface area contributed by atoms with Crippen LogP contribution in [0.25, 0.3) is 0 Å². The highest BCUT2D eigenvalue weighted by Gasteiger charge is 2.58. The van der Waals surface area contributed by atoms with E-state index in [9.17, 15) is 19.5 Å². The number of fused-ring (bicyclic) bond motifs is 10. The Kier molecular flexibility index (Phi) is 12.7. The number of nitrogens with one attached hydrogen (secondary N) is 1. The standard InChI is InChI=1S/C37H65N3O9/c1-13-28-37(9)26(17-29(41)49-37)24(6)40(12)20-22(4)18-36(8)32(23(5)31(43)35(7,14-15-45-36)34(44)47-28)48-33-30(42)27(39(10)11)16-25(46-33)19-38-21(2)3/h21-28,30,32-33,38,42H,13-20H2,1-12H3/t22-,23+,24-,25?,26-,27?,28-,30?,32-,33+,35+,36+,37+/m1/s1. The summed E-state index contributed by atoms with van der Waals surface area (Å²) in [6.07, 6.45) is -1.91. The lowest BCUT2D eigenvalue weighted by Gasteiger charge is -2.49. The topological polar surface area (TPSA) is 136 Å². The summed E-state index contributed by atoms with van der Waals surface area (Å²) < 4.78 is 32.3. The Morgan fingerprint density at radius 2 is 1.80 bits per heavy atom. The number of rotatable bonds is 7. The van der Waals surface area contributed by atoms with Crippen LogP contribution in [-0.2, 0) is 38.1 Å². The van der Waals surface area contributed by atoms with Gasteiger partial charge in [-0.1, -0.05) is 34.6 Å². The predicted molar refractivity (Wildman–Crippen MR) is 185 cm³/mol. The van der Waals surface area contributed by atoms with E-state index in [2.05, 4.69) is 37.9 Å². The van der Waals surface area contributed by atoms with Crippen LogP contribution in [0.2, 0.25) is 0 Å². The molecule has 2 N–H and O–H groups in total. The van der Waals surface area contributed by atoms with Crippen molar-refractivity contribution >= 4 is 17.7 Å². The van der Waals surface area contributed by atoms with Gasteiger partial charge in [-0.3, -0.25) is 14.4 Å². The Morgan fingerprint density at radius 3 is 2.41 bits per heavy atom. The smallest absolute Gasteiger partial charge is 0.319 e. The fraction of sp³-hybridized carbons (Fsp3) is 0.919. The summed E-state index contributed by atoms with van der Waals surface area (Å²) in [5.41, 5.74) is -3.56. The molecule has 5 fully saturated rings. The van der Waals surface area contributed by atoms with E-state index in [0.29, 0.717) is 32.4 Å². The minimum absolute atomic E-state index is 0.0711. The Hall–Kier alpha value is -1.67. The molecular formula is C37H65N3O9. The molecule has 5 saturated heterocycles. The van der Waals surface area contributed by atoms with Crippen LogP contribution in [0.5, 0.6) is 0 Å². The van der Waals surface area contributed by atoms with Crippen molar-refractivity contribution in [1.29, 1.82) is 0 Å². The molecule has 3 unspecified atom stereocenters. The first-order valence-electron chi connectivity index (χ1n) is 18.5. The normalized spacial score (nSPS) is 44.7. The average Bonchev–Trinajstić information content (AvgIpc) is 3.33. The van der Waals surface area contributed by atoms with Gasteiger partial charge >= 0.3 is 11.9 Å². The minimum atomic E-state index is -1.54. The van der Waals surface area contributed by atoms with Crippen LogP contribution in [0, 0.1) is 23.2 Å². The summed E-state index contributed by atoms with van der Waals surface area (Å²) >= 11 is 0. The van der Waals surface area contributed by atoms with Crippen LogP contribution in [0.4, 0.5) is 0 Å². The fourth-order valence-corrected chi connectivity index (χ4v) is 8.98. The molecule has 12 heteroatoms. The third kappa shape index (κ3) is 8.21. The molecule has 5 rings (SSSR count). The van der Waals surface area contributed by atoms with Crippen molar-refractivity contribution in [3.63, 3.8) is 0 Å². The fourth-order valence-electron chi connectivity index (χ4n) is 8.98. The van der Waals surface area contributed by atoms with E-state index >= 15 is 0 Å². The van der Waals surface area contributed by atoms with Gasteiger partial charge in [-0.2, -0.15) is 0 Å². The van der Waals surface area contributed by atoms with E-state index in [4.69, 9.17) is 23.7 Å². The van der Waals surface area contributed by atoms with Gasteiger partial charge in [0.15, 0.2) is 17.7 Å². The first-order valence-corrected chi connectivity index (χ1v) is 18.5. The molecule has 282 valence electrons. The van der Waals surface area contributed by atoms with Crippen molar-refractivity contribution < 1.29 is 43.2 Å². The van der Waals surface area contributed by atoms with Crippen molar-refractivity contribution in [3.05, 3.63) is 0 Å². The average molecular weight is 696 g/mol. The third-order valence-corrected chi connectivity index (χ3v) is 12.0. The van der Waals surface area contributed by atoms with E-state index in [1.54, 1.807) is 13.8 Å². The second-order valence-electron chi connectivity index (χ2n) is 16.7. The van der Waals surface area contributed by atoms with E-state index in [1.165, 1.54) is 0 Å². The molecule has 0 radical (unpaired) electrons. The van der Waals surface area contributed by atoms with E-state index in [1.807, 2.05) is 46.8 Å². The first-order chi connectivity index (χ1) is 22.8. The quantitative estimate of drug-likeness (QED) is 0.299. The molecule has 0 aliphatic carbocycles. The number of hydrogen-bond acceptors (Lipinski definition) is 12. The van der Waals surface area contributed by atoms with Gasteiger partial charge in [0.1, 0.15) is 17.6 Å². The van der Waals surface area contributed by atoms with E-state index < -0.39 is 53.1 Å². The van der Waals surface area contributed by atoms with Gasteiger partial charge in [0.05, 0.1) is 24.2 Å². The first kappa shape index (κ1) is 40.1. The molecule has 49 heavy (non-hydrogen) atoms. The number of nitrogens with zero attached hydrogens (tertiary/aromatic N) is 2. The van der Waals surface area contributed by atoms with Gasteiger partial charge in [0.25, 0.3) is 0 Å². The maximum absolute atomic E-state index is 14.7. The highest BCUT2D eigenvalue weighted by atomic mass is 16.7. The summed E-state index contributed by atoms with van der Waals surface area (Å²) in [6.45, 7) is 18.9. The SMILES string of the molecule is CC[C@H]1OC(=O)[C@@]2(C)CCO[C@@](C)(C[C@@H](C)CN(C)[C@H](C)[C@H]3CC(=O)O[C@@]31C)[C@H](O[C@@H]1OC(CNC(C)C)CC(N(C)C)C1O)[C@@H](C)C2=O. The molecule has 0 saturated carbocycles. The van der Waals surface area contributed by atoms with Gasteiger partial charge < -0.3 is 43.9 Å². The molecule has 0 aromatic heterocycles. The van der Waals surface area contributed by atoms with Crippen molar-refractivity contribution in [2.75, 3.05) is 40.8 Å². The molecule has 5 aliphatic heterocycles.